The van der Waals surface area contributed by atoms with Gasteiger partial charge in [-0.25, -0.2) is 4.39 Å². The minimum absolute atomic E-state index is 0.0167. The maximum Gasteiger partial charge on any atom is 0.267 e. The van der Waals surface area contributed by atoms with E-state index in [1.54, 1.807) is 36.4 Å². The highest BCUT2D eigenvalue weighted by Gasteiger charge is 2.30. The molecule has 112 valence electrons. The lowest BCUT2D eigenvalue weighted by Crippen LogP contribution is -2.18. The van der Waals surface area contributed by atoms with Crippen molar-refractivity contribution < 1.29 is 14.0 Å². The zero-order chi connectivity index (χ0) is 16.4. The first-order valence-electron chi connectivity index (χ1n) is 6.73. The number of fused-ring (bicyclic) bond motifs is 1. The fraction of sp³-hybridized carbons (Fsp3) is 0. The summed E-state index contributed by atoms with van der Waals surface area (Å²) in [5, 5.41) is 14.2. The number of nitriles is 1. The number of carbonyl (C=O) groups excluding carboxylic acids is 2. The number of para-hydroxylation sites is 2. The van der Waals surface area contributed by atoms with Crippen LogP contribution in [0.15, 0.2) is 54.1 Å². The Bertz CT molecular complexity index is 897. The van der Waals surface area contributed by atoms with Gasteiger partial charge < -0.3 is 10.6 Å². The molecule has 0 radical (unpaired) electrons. The van der Waals surface area contributed by atoms with Gasteiger partial charge in [-0.1, -0.05) is 30.3 Å². The van der Waals surface area contributed by atoms with Gasteiger partial charge in [0.1, 0.15) is 17.5 Å². The second kappa shape index (κ2) is 5.73. The SMILES string of the molecule is N#C/C(C(=O)Nc1ccccc1F)=C1/C(=O)Nc2ccccc21. The Morgan fingerprint density at radius 2 is 1.83 bits per heavy atom. The Kier molecular flexibility index (Phi) is 3.61. The zero-order valence-corrected chi connectivity index (χ0v) is 11.8. The summed E-state index contributed by atoms with van der Waals surface area (Å²) in [6, 6.07) is 14.1. The first-order valence-corrected chi connectivity index (χ1v) is 6.73. The van der Waals surface area contributed by atoms with Gasteiger partial charge in [-0.05, 0) is 18.2 Å². The Balaban J connectivity index is 2.03. The summed E-state index contributed by atoms with van der Waals surface area (Å²) in [4.78, 5) is 24.4. The van der Waals surface area contributed by atoms with E-state index in [0.29, 0.717) is 11.3 Å². The third kappa shape index (κ3) is 2.56. The summed E-state index contributed by atoms with van der Waals surface area (Å²) in [6.45, 7) is 0. The standard InChI is InChI=1S/C17H10FN3O2/c18-12-6-2-4-8-14(12)21-16(22)11(9-19)15-10-5-1-3-7-13(10)20-17(15)23/h1-8H,(H,20,23)(H,21,22)/b15-11-. The highest BCUT2D eigenvalue weighted by atomic mass is 19.1. The van der Waals surface area contributed by atoms with E-state index in [-0.39, 0.29) is 16.8 Å². The number of amides is 2. The molecule has 0 fully saturated rings. The molecule has 2 aromatic rings. The third-order valence-corrected chi connectivity index (χ3v) is 3.38. The lowest BCUT2D eigenvalue weighted by atomic mass is 10.0. The van der Waals surface area contributed by atoms with Gasteiger partial charge in [0, 0.05) is 11.3 Å². The Labute approximate surface area is 131 Å². The molecule has 6 heteroatoms. The van der Waals surface area contributed by atoms with Gasteiger partial charge in [0.25, 0.3) is 11.8 Å². The van der Waals surface area contributed by atoms with Crippen molar-refractivity contribution in [3.8, 4) is 6.07 Å². The maximum absolute atomic E-state index is 13.6. The predicted molar refractivity (Wildman–Crippen MR) is 82.6 cm³/mol. The average Bonchev–Trinajstić information content (AvgIpc) is 2.87. The van der Waals surface area contributed by atoms with Gasteiger partial charge in [0.2, 0.25) is 0 Å². The van der Waals surface area contributed by atoms with Gasteiger partial charge in [0.15, 0.2) is 0 Å². The smallest absolute Gasteiger partial charge is 0.267 e. The summed E-state index contributed by atoms with van der Waals surface area (Å²) in [5.74, 6) is -2.00. The van der Waals surface area contributed by atoms with E-state index in [4.69, 9.17) is 0 Å². The van der Waals surface area contributed by atoms with Crippen molar-refractivity contribution in [3.05, 3.63) is 65.5 Å². The molecular weight excluding hydrogens is 297 g/mol. The molecule has 2 amide bonds. The van der Waals surface area contributed by atoms with E-state index in [1.165, 1.54) is 18.2 Å². The fourth-order valence-corrected chi connectivity index (χ4v) is 2.33. The van der Waals surface area contributed by atoms with Crippen LogP contribution in [0.3, 0.4) is 0 Å². The molecule has 0 aliphatic carbocycles. The highest BCUT2D eigenvalue weighted by Crippen LogP contribution is 2.33. The second-order valence-electron chi connectivity index (χ2n) is 4.80. The van der Waals surface area contributed by atoms with E-state index < -0.39 is 17.6 Å². The molecule has 1 aliphatic rings. The molecule has 2 aromatic carbocycles. The molecule has 0 atom stereocenters. The van der Waals surface area contributed by atoms with Crippen molar-refractivity contribution in [2.45, 2.75) is 0 Å². The summed E-state index contributed by atoms with van der Waals surface area (Å²) in [5.41, 5.74) is 0.557. The van der Waals surface area contributed by atoms with Crippen LogP contribution in [0.1, 0.15) is 5.56 Å². The third-order valence-electron chi connectivity index (χ3n) is 3.38. The van der Waals surface area contributed by atoms with Crippen LogP contribution in [0.4, 0.5) is 15.8 Å². The largest absolute Gasteiger partial charge is 0.321 e. The van der Waals surface area contributed by atoms with Crippen LogP contribution in [0.2, 0.25) is 0 Å². The maximum atomic E-state index is 13.6. The normalized spacial score (nSPS) is 14.5. The molecule has 1 heterocycles. The summed E-state index contributed by atoms with van der Waals surface area (Å²) < 4.78 is 13.6. The fourth-order valence-electron chi connectivity index (χ4n) is 2.33. The lowest BCUT2D eigenvalue weighted by molar-refractivity contribution is -0.113. The molecular formula is C17H10FN3O2. The van der Waals surface area contributed by atoms with E-state index in [0.717, 1.165) is 0 Å². The van der Waals surface area contributed by atoms with Gasteiger partial charge >= 0.3 is 0 Å². The predicted octanol–water partition coefficient (Wildman–Crippen LogP) is 2.69. The number of nitrogens with one attached hydrogen (secondary N) is 2. The van der Waals surface area contributed by atoms with Crippen LogP contribution in [-0.4, -0.2) is 11.8 Å². The average molecular weight is 307 g/mol. The number of nitrogens with zero attached hydrogens (tertiary/aromatic N) is 1. The minimum atomic E-state index is -0.834. The number of halogens is 1. The van der Waals surface area contributed by atoms with Crippen LogP contribution >= 0.6 is 0 Å². The number of carbonyl (C=O) groups is 2. The van der Waals surface area contributed by atoms with E-state index in [9.17, 15) is 19.2 Å². The topological polar surface area (TPSA) is 82.0 Å². The zero-order valence-electron chi connectivity index (χ0n) is 11.8. The second-order valence-corrected chi connectivity index (χ2v) is 4.80. The summed E-state index contributed by atoms with van der Waals surface area (Å²) in [6.07, 6.45) is 0. The van der Waals surface area contributed by atoms with E-state index in [2.05, 4.69) is 10.6 Å². The molecule has 2 N–H and O–H groups in total. The van der Waals surface area contributed by atoms with Crippen molar-refractivity contribution in [1.82, 2.24) is 0 Å². The van der Waals surface area contributed by atoms with E-state index in [1.807, 2.05) is 0 Å². The van der Waals surface area contributed by atoms with Gasteiger partial charge in [-0.3, -0.25) is 9.59 Å². The molecule has 0 spiro atoms. The minimum Gasteiger partial charge on any atom is -0.321 e. The number of hydrogen-bond donors (Lipinski definition) is 2. The van der Waals surface area contributed by atoms with E-state index >= 15 is 0 Å². The van der Waals surface area contributed by atoms with Crippen molar-refractivity contribution >= 4 is 28.8 Å². The molecule has 3 rings (SSSR count). The summed E-state index contributed by atoms with van der Waals surface area (Å²) in [7, 11) is 0. The van der Waals surface area contributed by atoms with Gasteiger partial charge in [-0.15, -0.1) is 0 Å². The highest BCUT2D eigenvalue weighted by molar-refractivity contribution is 6.37. The monoisotopic (exact) mass is 307 g/mol. The Morgan fingerprint density at radius 1 is 1.13 bits per heavy atom. The van der Waals surface area contributed by atoms with Crippen LogP contribution in [-0.2, 0) is 9.59 Å². The van der Waals surface area contributed by atoms with Gasteiger partial charge in [0.05, 0.1) is 11.3 Å². The Morgan fingerprint density at radius 3 is 2.57 bits per heavy atom. The molecule has 0 saturated carbocycles. The molecule has 23 heavy (non-hydrogen) atoms. The summed E-state index contributed by atoms with van der Waals surface area (Å²) >= 11 is 0. The lowest BCUT2D eigenvalue weighted by Gasteiger charge is -2.07. The van der Waals surface area contributed by atoms with Crippen LogP contribution in [0.25, 0.3) is 5.57 Å². The Hall–Kier alpha value is -3.46. The first kappa shape index (κ1) is 14.5. The quantitative estimate of drug-likeness (QED) is 0.661. The van der Waals surface area contributed by atoms with Crippen molar-refractivity contribution in [3.63, 3.8) is 0 Å². The van der Waals surface area contributed by atoms with Crippen LogP contribution < -0.4 is 10.6 Å². The van der Waals surface area contributed by atoms with Crippen LogP contribution in [0.5, 0.6) is 0 Å². The molecule has 0 unspecified atom stereocenters. The molecule has 1 aliphatic heterocycles. The van der Waals surface area contributed by atoms with Crippen molar-refractivity contribution in [2.24, 2.45) is 0 Å². The number of hydrogen-bond acceptors (Lipinski definition) is 3. The number of anilines is 2. The molecule has 0 aromatic heterocycles. The number of benzene rings is 2. The van der Waals surface area contributed by atoms with Crippen molar-refractivity contribution in [1.29, 1.82) is 5.26 Å². The first-order chi connectivity index (χ1) is 11.1. The van der Waals surface area contributed by atoms with Crippen molar-refractivity contribution in [2.75, 3.05) is 10.6 Å². The molecule has 0 bridgehead atoms. The number of rotatable bonds is 2. The molecule has 5 nitrogen and oxygen atoms in total. The van der Waals surface area contributed by atoms with Gasteiger partial charge in [-0.2, -0.15) is 5.26 Å². The molecule has 0 saturated heterocycles. The van der Waals surface area contributed by atoms with Crippen LogP contribution in [0, 0.1) is 17.1 Å².